The molecule has 1 aromatic rings. The first kappa shape index (κ1) is 11.8. The molecule has 0 amide bonds. The third-order valence-corrected chi connectivity index (χ3v) is 3.88. The van der Waals surface area contributed by atoms with Gasteiger partial charge in [0.25, 0.3) is 0 Å². The smallest absolute Gasteiger partial charge is 0.147 e. The van der Waals surface area contributed by atoms with Gasteiger partial charge in [0.2, 0.25) is 0 Å². The lowest BCUT2D eigenvalue weighted by Crippen LogP contribution is -2.26. The molecule has 4 heteroatoms. The minimum absolute atomic E-state index is 0.400. The zero-order chi connectivity index (χ0) is 12.1. The van der Waals surface area contributed by atoms with Gasteiger partial charge in [-0.25, -0.2) is 9.97 Å². The molecule has 90 valence electrons. The second kappa shape index (κ2) is 5.13. The third kappa shape index (κ3) is 2.55. The second-order valence-corrected chi connectivity index (χ2v) is 4.81. The van der Waals surface area contributed by atoms with E-state index in [9.17, 15) is 0 Å². The van der Waals surface area contributed by atoms with Crippen molar-refractivity contribution in [1.29, 1.82) is 5.26 Å². The second-order valence-electron chi connectivity index (χ2n) is 4.81. The van der Waals surface area contributed by atoms with Crippen LogP contribution < -0.4 is 5.32 Å². The van der Waals surface area contributed by atoms with E-state index in [0.717, 1.165) is 6.54 Å². The van der Waals surface area contributed by atoms with Crippen LogP contribution in [-0.4, -0.2) is 16.5 Å². The van der Waals surface area contributed by atoms with Gasteiger partial charge in [-0.2, -0.15) is 5.26 Å². The Morgan fingerprint density at radius 3 is 2.88 bits per heavy atom. The Morgan fingerprint density at radius 2 is 2.24 bits per heavy atom. The number of hydrogen-bond donors (Lipinski definition) is 1. The molecular weight excluding hydrogens is 212 g/mol. The molecule has 1 fully saturated rings. The monoisotopic (exact) mass is 230 g/mol. The van der Waals surface area contributed by atoms with E-state index in [4.69, 9.17) is 5.26 Å². The maximum atomic E-state index is 8.96. The Labute approximate surface area is 102 Å². The molecule has 0 spiro atoms. The van der Waals surface area contributed by atoms with E-state index in [1.165, 1.54) is 38.4 Å². The molecule has 17 heavy (non-hydrogen) atoms. The van der Waals surface area contributed by atoms with Gasteiger partial charge in [-0.1, -0.05) is 19.8 Å². The number of hydrogen-bond acceptors (Lipinski definition) is 4. The van der Waals surface area contributed by atoms with E-state index in [1.54, 1.807) is 6.20 Å². The lowest BCUT2D eigenvalue weighted by Gasteiger charge is -2.28. The fraction of sp³-hybridized carbons (Fsp3) is 0.615. The number of rotatable bonds is 4. The molecular formula is C13H18N4. The minimum Gasteiger partial charge on any atom is -0.368 e. The van der Waals surface area contributed by atoms with Crippen LogP contribution >= 0.6 is 0 Å². The Balaban J connectivity index is 2.04. The Morgan fingerprint density at radius 1 is 1.47 bits per heavy atom. The van der Waals surface area contributed by atoms with Crippen molar-refractivity contribution in [1.82, 2.24) is 9.97 Å². The molecule has 0 bridgehead atoms. The average Bonchev–Trinajstić information content (AvgIpc) is 2.86. The Kier molecular flexibility index (Phi) is 3.58. The molecule has 0 aromatic carbocycles. The number of nitrogens with zero attached hydrogens (tertiary/aromatic N) is 3. The van der Waals surface area contributed by atoms with Crippen molar-refractivity contribution in [3.8, 4) is 6.07 Å². The van der Waals surface area contributed by atoms with Crippen LogP contribution in [-0.2, 0) is 0 Å². The highest BCUT2D eigenvalue weighted by Crippen LogP contribution is 2.40. The topological polar surface area (TPSA) is 61.6 Å². The average molecular weight is 230 g/mol. The summed E-state index contributed by atoms with van der Waals surface area (Å²) in [7, 11) is 0. The molecule has 2 rings (SSSR count). The van der Waals surface area contributed by atoms with E-state index < -0.39 is 0 Å². The predicted octanol–water partition coefficient (Wildman–Crippen LogP) is 2.73. The van der Waals surface area contributed by atoms with Crippen LogP contribution in [0.15, 0.2) is 12.5 Å². The lowest BCUT2D eigenvalue weighted by molar-refractivity contribution is 0.306. The summed E-state index contributed by atoms with van der Waals surface area (Å²) in [5.41, 5.74) is 0.925. The van der Waals surface area contributed by atoms with Gasteiger partial charge in [0.05, 0.1) is 6.20 Å². The fourth-order valence-electron chi connectivity index (χ4n) is 2.60. The molecule has 1 N–H and O–H groups in total. The summed E-state index contributed by atoms with van der Waals surface area (Å²) in [6, 6.07) is 2.11. The van der Waals surface area contributed by atoms with Crippen molar-refractivity contribution in [2.45, 2.75) is 39.0 Å². The molecule has 1 aliphatic carbocycles. The van der Waals surface area contributed by atoms with Gasteiger partial charge in [-0.3, -0.25) is 0 Å². The molecule has 1 saturated carbocycles. The van der Waals surface area contributed by atoms with E-state index in [-0.39, 0.29) is 0 Å². The van der Waals surface area contributed by atoms with E-state index in [0.29, 0.717) is 16.8 Å². The summed E-state index contributed by atoms with van der Waals surface area (Å²) in [6.45, 7) is 3.16. The first-order chi connectivity index (χ1) is 8.29. The van der Waals surface area contributed by atoms with Crippen molar-refractivity contribution in [2.24, 2.45) is 5.41 Å². The highest BCUT2D eigenvalue weighted by molar-refractivity contribution is 5.49. The summed E-state index contributed by atoms with van der Waals surface area (Å²) < 4.78 is 0. The molecule has 1 heterocycles. The summed E-state index contributed by atoms with van der Waals surface area (Å²) in [5.74, 6) is 0.669. The van der Waals surface area contributed by atoms with Gasteiger partial charge in [-0.15, -0.1) is 0 Å². The SMILES string of the molecule is CCC1(CNc2ncncc2C#N)CCCC1. The van der Waals surface area contributed by atoms with Crippen LogP contribution in [0.25, 0.3) is 0 Å². The summed E-state index contributed by atoms with van der Waals surface area (Å²) in [4.78, 5) is 7.99. The maximum Gasteiger partial charge on any atom is 0.147 e. The highest BCUT2D eigenvalue weighted by atomic mass is 15.0. The van der Waals surface area contributed by atoms with Gasteiger partial charge in [0.15, 0.2) is 0 Å². The molecule has 0 aliphatic heterocycles. The van der Waals surface area contributed by atoms with E-state index in [2.05, 4.69) is 28.3 Å². The van der Waals surface area contributed by atoms with Crippen molar-refractivity contribution in [3.05, 3.63) is 18.1 Å². The van der Waals surface area contributed by atoms with Crippen LogP contribution in [0.2, 0.25) is 0 Å². The highest BCUT2D eigenvalue weighted by Gasteiger charge is 2.31. The molecule has 0 radical (unpaired) electrons. The third-order valence-electron chi connectivity index (χ3n) is 3.88. The quantitative estimate of drug-likeness (QED) is 0.863. The van der Waals surface area contributed by atoms with Gasteiger partial charge >= 0.3 is 0 Å². The molecule has 4 nitrogen and oxygen atoms in total. The fourth-order valence-corrected chi connectivity index (χ4v) is 2.60. The van der Waals surface area contributed by atoms with Gasteiger partial charge in [-0.05, 0) is 24.7 Å². The van der Waals surface area contributed by atoms with Gasteiger partial charge in [0.1, 0.15) is 23.8 Å². The molecule has 1 aliphatic rings. The number of nitriles is 1. The first-order valence-corrected chi connectivity index (χ1v) is 6.24. The zero-order valence-electron chi connectivity index (χ0n) is 10.2. The van der Waals surface area contributed by atoms with Crippen molar-refractivity contribution in [3.63, 3.8) is 0 Å². The standard InChI is InChI=1S/C13H18N4/c1-2-13(5-3-4-6-13)9-16-12-11(7-14)8-15-10-17-12/h8,10H,2-6,9H2,1H3,(H,15,16,17). The van der Waals surface area contributed by atoms with E-state index >= 15 is 0 Å². The van der Waals surface area contributed by atoms with Crippen molar-refractivity contribution >= 4 is 5.82 Å². The first-order valence-electron chi connectivity index (χ1n) is 6.24. The Bertz CT molecular complexity index is 416. The van der Waals surface area contributed by atoms with Crippen LogP contribution in [0.5, 0.6) is 0 Å². The predicted molar refractivity (Wildman–Crippen MR) is 66.4 cm³/mol. The Hall–Kier alpha value is -1.63. The largest absolute Gasteiger partial charge is 0.368 e. The number of aromatic nitrogens is 2. The summed E-state index contributed by atoms with van der Waals surface area (Å²) >= 11 is 0. The molecule has 0 unspecified atom stereocenters. The summed E-state index contributed by atoms with van der Waals surface area (Å²) in [5, 5.41) is 12.3. The molecule has 0 saturated heterocycles. The van der Waals surface area contributed by atoms with E-state index in [1.807, 2.05) is 0 Å². The van der Waals surface area contributed by atoms with Gasteiger partial charge < -0.3 is 5.32 Å². The van der Waals surface area contributed by atoms with Crippen molar-refractivity contribution in [2.75, 3.05) is 11.9 Å². The minimum atomic E-state index is 0.400. The zero-order valence-corrected chi connectivity index (χ0v) is 10.2. The van der Waals surface area contributed by atoms with Crippen LogP contribution in [0.1, 0.15) is 44.6 Å². The van der Waals surface area contributed by atoms with Crippen molar-refractivity contribution < 1.29 is 0 Å². The van der Waals surface area contributed by atoms with Crippen LogP contribution in [0.4, 0.5) is 5.82 Å². The van der Waals surface area contributed by atoms with Crippen LogP contribution in [0, 0.1) is 16.7 Å². The number of nitrogens with one attached hydrogen (secondary N) is 1. The normalized spacial score (nSPS) is 17.6. The lowest BCUT2D eigenvalue weighted by atomic mass is 9.83. The summed E-state index contributed by atoms with van der Waals surface area (Å²) in [6.07, 6.45) is 9.44. The molecule has 0 atom stereocenters. The number of anilines is 1. The van der Waals surface area contributed by atoms with Crippen LogP contribution in [0.3, 0.4) is 0 Å². The maximum absolute atomic E-state index is 8.96. The van der Waals surface area contributed by atoms with Gasteiger partial charge in [0, 0.05) is 6.54 Å². The molecule has 1 aromatic heterocycles.